The maximum atomic E-state index is 6.26. The third-order valence-corrected chi connectivity index (χ3v) is 6.01. The van der Waals surface area contributed by atoms with Crippen molar-refractivity contribution in [1.82, 2.24) is 0 Å². The summed E-state index contributed by atoms with van der Waals surface area (Å²) in [5.41, 5.74) is 2.13. The zero-order chi connectivity index (χ0) is 12.8. The molecule has 2 saturated carbocycles. The van der Waals surface area contributed by atoms with E-state index in [2.05, 4.69) is 51.1 Å². The van der Waals surface area contributed by atoms with Crippen molar-refractivity contribution in [1.29, 1.82) is 0 Å². The van der Waals surface area contributed by atoms with Crippen LogP contribution in [0.3, 0.4) is 0 Å². The number of benzene rings is 1. The molecule has 3 rings (SSSR count). The number of fused-ring (bicyclic) bond motifs is 2. The summed E-state index contributed by atoms with van der Waals surface area (Å²) in [5, 5.41) is 0. The first-order chi connectivity index (χ1) is 8.54. The monoisotopic (exact) mass is 244 g/mol. The molecular weight excluding hydrogens is 220 g/mol. The lowest BCUT2D eigenvalue weighted by Gasteiger charge is -2.38. The van der Waals surface area contributed by atoms with Crippen LogP contribution >= 0.6 is 0 Å². The van der Waals surface area contributed by atoms with Crippen molar-refractivity contribution in [2.24, 2.45) is 16.7 Å². The Balaban J connectivity index is 1.69. The van der Waals surface area contributed by atoms with Crippen molar-refractivity contribution in [2.75, 3.05) is 0 Å². The van der Waals surface area contributed by atoms with Gasteiger partial charge in [0.25, 0.3) is 0 Å². The van der Waals surface area contributed by atoms with Crippen molar-refractivity contribution in [3.63, 3.8) is 0 Å². The van der Waals surface area contributed by atoms with Crippen molar-refractivity contribution in [3.8, 4) is 0 Å². The second-order valence-electron chi connectivity index (χ2n) is 6.90. The molecule has 2 fully saturated rings. The quantitative estimate of drug-likeness (QED) is 0.765. The molecule has 0 N–H and O–H groups in total. The maximum Gasteiger partial charge on any atom is 0.0720 e. The fourth-order valence-electron chi connectivity index (χ4n) is 4.15. The second-order valence-corrected chi connectivity index (χ2v) is 6.90. The number of ether oxygens (including phenoxy) is 1. The summed E-state index contributed by atoms with van der Waals surface area (Å²) < 4.78 is 6.26. The lowest BCUT2D eigenvalue weighted by molar-refractivity contribution is -0.0550. The first kappa shape index (κ1) is 12.2. The average molecular weight is 244 g/mol. The number of hydrogen-bond acceptors (Lipinski definition) is 1. The van der Waals surface area contributed by atoms with Gasteiger partial charge < -0.3 is 4.74 Å². The Kier molecular flexibility index (Phi) is 2.78. The molecule has 0 heterocycles. The standard InChI is InChI=1S/C17H24O/c1-16(2)14-9-10-17(16,3)15(11-14)18-12-13-7-5-4-6-8-13/h4-8,14-15H,9-12H2,1-3H3/t14-,15-,17+/m0/s1. The summed E-state index contributed by atoms with van der Waals surface area (Å²) in [5.74, 6) is 0.864. The Hall–Kier alpha value is -0.820. The highest BCUT2D eigenvalue weighted by Gasteiger charge is 2.61. The molecule has 1 heteroatoms. The largest absolute Gasteiger partial charge is 0.373 e. The molecule has 0 saturated heterocycles. The van der Waals surface area contributed by atoms with Gasteiger partial charge >= 0.3 is 0 Å². The van der Waals surface area contributed by atoms with E-state index in [1.165, 1.54) is 24.8 Å². The first-order valence-electron chi connectivity index (χ1n) is 7.19. The summed E-state index contributed by atoms with van der Waals surface area (Å²) in [4.78, 5) is 0. The van der Waals surface area contributed by atoms with E-state index in [9.17, 15) is 0 Å². The molecule has 0 amide bonds. The highest BCUT2D eigenvalue weighted by Crippen LogP contribution is 2.66. The summed E-state index contributed by atoms with van der Waals surface area (Å²) in [6.07, 6.45) is 4.45. The van der Waals surface area contributed by atoms with E-state index < -0.39 is 0 Å². The lowest BCUT2D eigenvalue weighted by atomic mass is 9.70. The molecule has 0 spiro atoms. The molecule has 1 aromatic carbocycles. The van der Waals surface area contributed by atoms with Gasteiger partial charge in [0.15, 0.2) is 0 Å². The van der Waals surface area contributed by atoms with Crippen molar-refractivity contribution in [2.45, 2.75) is 52.7 Å². The smallest absolute Gasteiger partial charge is 0.0720 e. The minimum absolute atomic E-state index is 0.381. The van der Waals surface area contributed by atoms with Crippen LogP contribution < -0.4 is 0 Å². The van der Waals surface area contributed by atoms with Crippen LogP contribution in [-0.4, -0.2) is 6.10 Å². The predicted octanol–water partition coefficient (Wildman–Crippen LogP) is 4.42. The summed E-state index contributed by atoms with van der Waals surface area (Å²) in [6, 6.07) is 10.5. The van der Waals surface area contributed by atoms with Gasteiger partial charge in [-0.1, -0.05) is 51.1 Å². The van der Waals surface area contributed by atoms with Crippen LogP contribution in [0.4, 0.5) is 0 Å². The van der Waals surface area contributed by atoms with Crippen molar-refractivity contribution < 1.29 is 4.74 Å². The van der Waals surface area contributed by atoms with E-state index >= 15 is 0 Å². The number of rotatable bonds is 3. The van der Waals surface area contributed by atoms with Crippen LogP contribution in [0.5, 0.6) is 0 Å². The van der Waals surface area contributed by atoms with Gasteiger partial charge in [-0.2, -0.15) is 0 Å². The molecule has 2 aliphatic rings. The predicted molar refractivity (Wildman–Crippen MR) is 74.2 cm³/mol. The molecular formula is C17H24O. The van der Waals surface area contributed by atoms with Gasteiger partial charge in [0, 0.05) is 0 Å². The van der Waals surface area contributed by atoms with E-state index in [1.54, 1.807) is 0 Å². The van der Waals surface area contributed by atoms with E-state index in [0.717, 1.165) is 12.5 Å². The third kappa shape index (κ3) is 1.64. The zero-order valence-electron chi connectivity index (χ0n) is 11.8. The molecule has 0 radical (unpaired) electrons. The SMILES string of the molecule is CC1(C)[C@H]2CC[C@]1(C)[C@@H](OCc1ccccc1)C2. The van der Waals surface area contributed by atoms with E-state index in [1.807, 2.05) is 0 Å². The fraction of sp³-hybridized carbons (Fsp3) is 0.647. The maximum absolute atomic E-state index is 6.26. The summed E-state index contributed by atoms with van der Waals surface area (Å²) >= 11 is 0. The highest BCUT2D eigenvalue weighted by atomic mass is 16.5. The summed E-state index contributed by atoms with van der Waals surface area (Å²) in [6.45, 7) is 8.09. The van der Waals surface area contributed by atoms with Crippen LogP contribution in [0.15, 0.2) is 30.3 Å². The van der Waals surface area contributed by atoms with Gasteiger partial charge in [0.1, 0.15) is 0 Å². The van der Waals surface area contributed by atoms with Crippen LogP contribution in [0.1, 0.15) is 45.6 Å². The first-order valence-corrected chi connectivity index (χ1v) is 7.19. The van der Waals surface area contributed by atoms with Gasteiger partial charge in [0.05, 0.1) is 12.7 Å². The molecule has 2 bridgehead atoms. The van der Waals surface area contributed by atoms with E-state index in [4.69, 9.17) is 4.74 Å². The second kappa shape index (κ2) is 4.09. The average Bonchev–Trinajstić information content (AvgIpc) is 2.70. The van der Waals surface area contributed by atoms with Crippen LogP contribution in [-0.2, 0) is 11.3 Å². The number of hydrogen-bond donors (Lipinski definition) is 0. The minimum Gasteiger partial charge on any atom is -0.373 e. The summed E-state index contributed by atoms with van der Waals surface area (Å²) in [7, 11) is 0. The van der Waals surface area contributed by atoms with E-state index in [-0.39, 0.29) is 0 Å². The molecule has 0 unspecified atom stereocenters. The van der Waals surface area contributed by atoms with Gasteiger partial charge in [-0.15, -0.1) is 0 Å². The molecule has 18 heavy (non-hydrogen) atoms. The van der Waals surface area contributed by atoms with E-state index in [0.29, 0.717) is 16.9 Å². The Morgan fingerprint density at radius 2 is 1.89 bits per heavy atom. The third-order valence-electron chi connectivity index (χ3n) is 6.01. The molecule has 2 aliphatic carbocycles. The van der Waals surface area contributed by atoms with Crippen LogP contribution in [0, 0.1) is 16.7 Å². The zero-order valence-corrected chi connectivity index (χ0v) is 11.8. The Morgan fingerprint density at radius 1 is 1.17 bits per heavy atom. The lowest BCUT2D eigenvalue weighted by Crippen LogP contribution is -2.37. The van der Waals surface area contributed by atoms with Gasteiger partial charge in [-0.25, -0.2) is 0 Å². The normalized spacial score (nSPS) is 37.1. The molecule has 0 aromatic heterocycles. The van der Waals surface area contributed by atoms with Gasteiger partial charge in [-0.05, 0) is 41.6 Å². The van der Waals surface area contributed by atoms with Gasteiger partial charge in [-0.3, -0.25) is 0 Å². The topological polar surface area (TPSA) is 9.23 Å². The van der Waals surface area contributed by atoms with Crippen molar-refractivity contribution >= 4 is 0 Å². The molecule has 3 atom stereocenters. The highest BCUT2D eigenvalue weighted by molar-refractivity contribution is 5.15. The Bertz CT molecular complexity index is 422. The van der Waals surface area contributed by atoms with Crippen LogP contribution in [0.25, 0.3) is 0 Å². The van der Waals surface area contributed by atoms with Crippen molar-refractivity contribution in [3.05, 3.63) is 35.9 Å². The Morgan fingerprint density at radius 3 is 2.44 bits per heavy atom. The molecule has 98 valence electrons. The fourth-order valence-corrected chi connectivity index (χ4v) is 4.15. The molecule has 1 nitrogen and oxygen atoms in total. The van der Waals surface area contributed by atoms with Crippen LogP contribution in [0.2, 0.25) is 0 Å². The minimum atomic E-state index is 0.381. The Labute approximate surface area is 111 Å². The van der Waals surface area contributed by atoms with Gasteiger partial charge in [0.2, 0.25) is 0 Å². The molecule has 1 aromatic rings. The molecule has 0 aliphatic heterocycles.